The number of fused-ring (bicyclic) bond motifs is 1. The van der Waals surface area contributed by atoms with Crippen LogP contribution in [0.3, 0.4) is 0 Å². The molecule has 6 nitrogen and oxygen atoms in total. The third-order valence-corrected chi connectivity index (χ3v) is 5.09. The van der Waals surface area contributed by atoms with Crippen molar-refractivity contribution in [2.45, 2.75) is 13.0 Å². The van der Waals surface area contributed by atoms with Crippen LogP contribution in [0.15, 0.2) is 77.8 Å². The molecular formula is C24H22N2O4. The Morgan fingerprint density at radius 1 is 0.967 bits per heavy atom. The fraction of sp³-hybridized carbons (Fsp3) is 0.208. The first-order valence-corrected chi connectivity index (χ1v) is 9.81. The molecule has 1 aliphatic heterocycles. The number of urea groups is 1. The monoisotopic (exact) mass is 402 g/mol. The van der Waals surface area contributed by atoms with Gasteiger partial charge in [-0.3, -0.25) is 4.79 Å². The second kappa shape index (κ2) is 8.78. The highest BCUT2D eigenvalue weighted by Gasteiger charge is 2.38. The number of aliphatic imine (C=N–C) groups is 1. The summed E-state index contributed by atoms with van der Waals surface area (Å²) in [4.78, 5) is 29.0. The van der Waals surface area contributed by atoms with E-state index in [1.54, 1.807) is 6.92 Å². The van der Waals surface area contributed by atoms with Gasteiger partial charge >= 0.3 is 12.0 Å². The van der Waals surface area contributed by atoms with Gasteiger partial charge in [0.2, 0.25) is 0 Å². The first-order valence-electron chi connectivity index (χ1n) is 9.81. The molecule has 2 unspecified atom stereocenters. The summed E-state index contributed by atoms with van der Waals surface area (Å²) in [6.07, 6.45) is 0. The number of hydrogen-bond acceptors (Lipinski definition) is 4. The van der Waals surface area contributed by atoms with E-state index in [1.807, 2.05) is 72.8 Å². The molecular weight excluding hydrogens is 380 g/mol. The van der Waals surface area contributed by atoms with Gasteiger partial charge in [-0.25, -0.2) is 9.79 Å². The summed E-state index contributed by atoms with van der Waals surface area (Å²) < 4.78 is 11.1. The first-order chi connectivity index (χ1) is 14.6. The summed E-state index contributed by atoms with van der Waals surface area (Å²) in [6.45, 7) is 2.03. The predicted molar refractivity (Wildman–Crippen MR) is 115 cm³/mol. The van der Waals surface area contributed by atoms with Gasteiger partial charge < -0.3 is 14.8 Å². The van der Waals surface area contributed by atoms with Crippen LogP contribution in [0.5, 0.6) is 5.75 Å². The number of hydrogen-bond donors (Lipinski definition) is 1. The van der Waals surface area contributed by atoms with Crippen LogP contribution in [0.1, 0.15) is 18.5 Å². The fourth-order valence-corrected chi connectivity index (χ4v) is 3.71. The molecule has 3 aromatic rings. The number of benzene rings is 3. The highest BCUT2D eigenvalue weighted by molar-refractivity contribution is 6.08. The van der Waals surface area contributed by atoms with Crippen molar-refractivity contribution in [2.24, 2.45) is 10.9 Å². The molecule has 1 aliphatic rings. The molecule has 0 spiro atoms. The molecule has 0 aromatic heterocycles. The van der Waals surface area contributed by atoms with Gasteiger partial charge in [-0.05, 0) is 35.4 Å². The van der Waals surface area contributed by atoms with Gasteiger partial charge in [0, 0.05) is 5.71 Å². The summed E-state index contributed by atoms with van der Waals surface area (Å²) in [5, 5.41) is 4.86. The normalized spacial score (nSPS) is 18.4. The maximum Gasteiger partial charge on any atom is 0.341 e. The van der Waals surface area contributed by atoms with Crippen molar-refractivity contribution in [3.05, 3.63) is 78.4 Å². The van der Waals surface area contributed by atoms with Crippen LogP contribution in [0.25, 0.3) is 10.8 Å². The third kappa shape index (κ3) is 4.17. The molecule has 6 heteroatoms. The van der Waals surface area contributed by atoms with E-state index in [9.17, 15) is 9.59 Å². The first kappa shape index (κ1) is 19.6. The Balaban J connectivity index is 1.52. The average molecular weight is 402 g/mol. The quantitative estimate of drug-likeness (QED) is 0.493. The van der Waals surface area contributed by atoms with Crippen molar-refractivity contribution < 1.29 is 19.1 Å². The van der Waals surface area contributed by atoms with E-state index in [0.29, 0.717) is 11.5 Å². The summed E-state index contributed by atoms with van der Waals surface area (Å²) in [5.74, 6) is -0.430. The molecule has 0 bridgehead atoms. The molecule has 152 valence electrons. The molecule has 2 atom stereocenters. The number of esters is 1. The zero-order valence-corrected chi connectivity index (χ0v) is 16.6. The van der Waals surface area contributed by atoms with Crippen LogP contribution in [-0.4, -0.2) is 30.9 Å². The van der Waals surface area contributed by atoms with Gasteiger partial charge in [-0.15, -0.1) is 0 Å². The van der Waals surface area contributed by atoms with Crippen molar-refractivity contribution in [3.63, 3.8) is 0 Å². The maximum absolute atomic E-state index is 12.9. The topological polar surface area (TPSA) is 77.0 Å². The van der Waals surface area contributed by atoms with Crippen molar-refractivity contribution in [1.29, 1.82) is 0 Å². The molecule has 2 amide bonds. The molecule has 30 heavy (non-hydrogen) atoms. The molecule has 0 saturated carbocycles. The van der Waals surface area contributed by atoms with Gasteiger partial charge in [0.25, 0.3) is 0 Å². The zero-order valence-electron chi connectivity index (χ0n) is 16.6. The van der Waals surface area contributed by atoms with E-state index in [-0.39, 0.29) is 13.2 Å². The minimum atomic E-state index is -0.703. The van der Waals surface area contributed by atoms with Gasteiger partial charge in [-0.1, -0.05) is 60.7 Å². The number of nitrogens with zero attached hydrogens (tertiary/aromatic N) is 1. The predicted octanol–water partition coefficient (Wildman–Crippen LogP) is 4.30. The number of carbonyl (C=O) groups excluding carboxylic acids is 2. The number of rotatable bonds is 6. The third-order valence-electron chi connectivity index (χ3n) is 5.09. The number of para-hydroxylation sites is 1. The van der Waals surface area contributed by atoms with E-state index in [2.05, 4.69) is 10.3 Å². The molecule has 0 saturated heterocycles. The molecule has 0 aliphatic carbocycles. The lowest BCUT2D eigenvalue weighted by Crippen LogP contribution is -2.44. The van der Waals surface area contributed by atoms with Crippen molar-refractivity contribution in [2.75, 3.05) is 13.2 Å². The van der Waals surface area contributed by atoms with Crippen LogP contribution < -0.4 is 10.1 Å². The number of nitrogens with one attached hydrogen (secondary N) is 1. The lowest BCUT2D eigenvalue weighted by atomic mass is 9.86. The minimum absolute atomic E-state index is 0.105. The van der Waals surface area contributed by atoms with E-state index >= 15 is 0 Å². The van der Waals surface area contributed by atoms with Crippen molar-refractivity contribution in [1.82, 2.24) is 5.32 Å². The van der Waals surface area contributed by atoms with Crippen LogP contribution in [0.4, 0.5) is 4.79 Å². The Hall–Kier alpha value is -3.67. The Labute approximate surface area is 174 Å². The van der Waals surface area contributed by atoms with Gasteiger partial charge in [0.15, 0.2) is 0 Å². The summed E-state index contributed by atoms with van der Waals surface area (Å²) in [5.41, 5.74) is 1.30. The highest BCUT2D eigenvalue weighted by atomic mass is 16.6. The SMILES string of the molecule is CC1=NC(=O)NC(c2cccc3ccccc23)C1C(=O)OCCOc1ccccc1. The van der Waals surface area contributed by atoms with Crippen molar-refractivity contribution in [3.8, 4) is 5.75 Å². The summed E-state index contributed by atoms with van der Waals surface area (Å²) in [7, 11) is 0. The molecule has 3 aromatic carbocycles. The van der Waals surface area contributed by atoms with E-state index in [1.165, 1.54) is 0 Å². The Morgan fingerprint density at radius 2 is 1.70 bits per heavy atom. The highest BCUT2D eigenvalue weighted by Crippen LogP contribution is 2.32. The summed E-state index contributed by atoms with van der Waals surface area (Å²) >= 11 is 0. The number of carbonyl (C=O) groups is 2. The van der Waals surface area contributed by atoms with E-state index < -0.39 is 24.0 Å². The Morgan fingerprint density at radius 3 is 2.53 bits per heavy atom. The Bertz CT molecular complexity index is 1090. The van der Waals surface area contributed by atoms with Gasteiger partial charge in [-0.2, -0.15) is 0 Å². The Kier molecular flexibility index (Phi) is 5.75. The lowest BCUT2D eigenvalue weighted by Gasteiger charge is -2.30. The standard InChI is InChI=1S/C24H22N2O4/c1-16-21(23(27)30-15-14-29-18-10-3-2-4-11-18)22(26-24(28)25-16)20-13-7-9-17-8-5-6-12-19(17)20/h2-13,21-22H,14-15H2,1H3,(H,26,28). The number of amides is 2. The second-order valence-corrected chi connectivity index (χ2v) is 7.06. The molecule has 1 N–H and O–H groups in total. The smallest absolute Gasteiger partial charge is 0.341 e. The van der Waals surface area contributed by atoms with E-state index in [0.717, 1.165) is 16.3 Å². The second-order valence-electron chi connectivity index (χ2n) is 7.06. The van der Waals surface area contributed by atoms with E-state index in [4.69, 9.17) is 9.47 Å². The fourth-order valence-electron chi connectivity index (χ4n) is 3.71. The van der Waals surface area contributed by atoms with Crippen LogP contribution in [0, 0.1) is 5.92 Å². The summed E-state index contributed by atoms with van der Waals surface area (Å²) in [6, 6.07) is 22.0. The largest absolute Gasteiger partial charge is 0.490 e. The number of ether oxygens (including phenoxy) is 2. The van der Waals surface area contributed by atoms with Crippen LogP contribution in [-0.2, 0) is 9.53 Å². The van der Waals surface area contributed by atoms with Gasteiger partial charge in [0.1, 0.15) is 24.9 Å². The lowest BCUT2D eigenvalue weighted by molar-refractivity contribution is -0.147. The van der Waals surface area contributed by atoms with Crippen LogP contribution >= 0.6 is 0 Å². The van der Waals surface area contributed by atoms with Crippen molar-refractivity contribution >= 4 is 28.5 Å². The average Bonchev–Trinajstić information content (AvgIpc) is 2.76. The molecule has 4 rings (SSSR count). The maximum atomic E-state index is 12.9. The van der Waals surface area contributed by atoms with Gasteiger partial charge in [0.05, 0.1) is 6.04 Å². The zero-order chi connectivity index (χ0) is 20.9. The molecule has 0 radical (unpaired) electrons. The molecule has 0 fully saturated rings. The minimum Gasteiger partial charge on any atom is -0.490 e. The molecule has 1 heterocycles. The van der Waals surface area contributed by atoms with Crippen LogP contribution in [0.2, 0.25) is 0 Å².